The molecule has 3 heteroatoms. The quantitative estimate of drug-likeness (QED) is 0.109. The Balaban J connectivity index is 0.000000337. The summed E-state index contributed by atoms with van der Waals surface area (Å²) in [5, 5.41) is 0. The molecule has 0 bridgehead atoms. The molecule has 0 aliphatic carbocycles. The molecule has 45 heavy (non-hydrogen) atoms. The van der Waals surface area contributed by atoms with Gasteiger partial charge in [-0.25, -0.2) is 4.70 Å². The minimum absolute atomic E-state index is 0. The molecule has 0 radical (unpaired) electrons. The molecule has 0 spiro atoms. The fourth-order valence-corrected chi connectivity index (χ4v) is 5.27. The molecule has 0 atom stereocenters. The number of rotatable bonds is 7. The van der Waals surface area contributed by atoms with Gasteiger partial charge in [-0.2, -0.15) is 12.8 Å². The van der Waals surface area contributed by atoms with E-state index in [1.807, 2.05) is 36.4 Å². The molecule has 0 aromatic heterocycles. The van der Waals surface area contributed by atoms with Gasteiger partial charge in [0.05, 0.1) is 0 Å². The van der Waals surface area contributed by atoms with Gasteiger partial charge in [-0.3, -0.25) is 0 Å². The van der Waals surface area contributed by atoms with Crippen LogP contribution >= 0.6 is 0 Å². The van der Waals surface area contributed by atoms with Crippen molar-refractivity contribution >= 4 is 11.4 Å². The maximum atomic E-state index is 11.2. The predicted molar refractivity (Wildman–Crippen MR) is 190 cm³/mol. The minimum atomic E-state index is 0. The number of hydrogen-bond acceptors (Lipinski definition) is 0. The van der Waals surface area contributed by atoms with Gasteiger partial charge in [-0.15, -0.1) is 0 Å². The van der Waals surface area contributed by atoms with Crippen molar-refractivity contribution in [3.8, 4) is 0 Å². The van der Waals surface area contributed by atoms with E-state index in [-0.39, 0.29) is 16.5 Å². The SMILES string of the molecule is CCCCC1=C(c2cc(C)c(C)c(C)c2)[N+](=[N-])C(c2cc(C)c(C)c(C)c2)=C1.[CH2-]Cc1ccccc1.[CH2-]Cc1ccccc1.[Ni+2]. The third-order valence-corrected chi connectivity index (χ3v) is 8.54. The zero-order valence-corrected chi connectivity index (χ0v) is 29.3. The predicted octanol–water partition coefficient (Wildman–Crippen LogP) is 11.7. The van der Waals surface area contributed by atoms with Crippen LogP contribution in [0.5, 0.6) is 0 Å². The minimum Gasteiger partial charge on any atom is -0.493 e. The molecule has 0 saturated heterocycles. The Morgan fingerprint density at radius 1 is 0.622 bits per heavy atom. The summed E-state index contributed by atoms with van der Waals surface area (Å²) < 4.78 is 1.41. The van der Waals surface area contributed by atoms with Crippen molar-refractivity contribution in [1.29, 1.82) is 0 Å². The molecule has 0 fully saturated rings. The van der Waals surface area contributed by atoms with Crippen LogP contribution in [0.3, 0.4) is 0 Å². The van der Waals surface area contributed by atoms with E-state index in [1.165, 1.54) is 54.8 Å². The van der Waals surface area contributed by atoms with Gasteiger partial charge in [0.15, 0.2) is 0 Å². The molecule has 1 aliphatic heterocycles. The molecule has 238 valence electrons. The van der Waals surface area contributed by atoms with Crippen LogP contribution in [0, 0.1) is 55.4 Å². The van der Waals surface area contributed by atoms with Crippen molar-refractivity contribution in [2.75, 3.05) is 0 Å². The van der Waals surface area contributed by atoms with Crippen LogP contribution in [0.25, 0.3) is 16.9 Å². The summed E-state index contributed by atoms with van der Waals surface area (Å²) in [6, 6.07) is 29.2. The normalized spacial score (nSPS) is 12.0. The summed E-state index contributed by atoms with van der Waals surface area (Å²) in [5.74, 6) is 0. The van der Waals surface area contributed by atoms with E-state index in [0.29, 0.717) is 0 Å². The van der Waals surface area contributed by atoms with E-state index in [4.69, 9.17) is 0 Å². The molecule has 2 nitrogen and oxygen atoms in total. The number of allylic oxidation sites excluding steroid dienone is 2. The molecular weight excluding hydrogens is 591 g/mol. The third kappa shape index (κ3) is 10.2. The van der Waals surface area contributed by atoms with Crippen LogP contribution in [0.15, 0.2) is 96.6 Å². The Morgan fingerprint density at radius 3 is 1.38 bits per heavy atom. The number of aryl methyl sites for hydroxylation is 4. The summed E-state index contributed by atoms with van der Waals surface area (Å²) in [4.78, 5) is 0. The van der Waals surface area contributed by atoms with E-state index in [2.05, 4.69) is 117 Å². The van der Waals surface area contributed by atoms with Gasteiger partial charge >= 0.3 is 16.5 Å². The summed E-state index contributed by atoms with van der Waals surface area (Å²) in [5.41, 5.74) is 26.7. The van der Waals surface area contributed by atoms with Crippen molar-refractivity contribution in [2.45, 2.75) is 80.6 Å². The summed E-state index contributed by atoms with van der Waals surface area (Å²) in [7, 11) is 0. The van der Waals surface area contributed by atoms with Gasteiger partial charge in [0.1, 0.15) is 0 Å². The fraction of sp³-hybridized carbons (Fsp3) is 0.286. The molecule has 1 aliphatic rings. The van der Waals surface area contributed by atoms with Gasteiger partial charge in [0.2, 0.25) is 11.4 Å². The maximum absolute atomic E-state index is 11.2. The van der Waals surface area contributed by atoms with Crippen LogP contribution in [0.1, 0.15) is 81.8 Å². The average Bonchev–Trinajstić information content (AvgIpc) is 3.37. The van der Waals surface area contributed by atoms with E-state index in [9.17, 15) is 5.53 Å². The first-order chi connectivity index (χ1) is 21.1. The number of unbranched alkanes of at least 4 members (excludes halogenated alkanes) is 1. The van der Waals surface area contributed by atoms with Gasteiger partial charge in [0.25, 0.3) is 0 Å². The van der Waals surface area contributed by atoms with Crippen molar-refractivity contribution in [1.82, 2.24) is 0 Å². The summed E-state index contributed by atoms with van der Waals surface area (Å²) in [6.45, 7) is 22.6. The zero-order chi connectivity index (χ0) is 32.2. The van der Waals surface area contributed by atoms with E-state index in [0.717, 1.165) is 54.6 Å². The Morgan fingerprint density at radius 2 is 1.02 bits per heavy atom. The number of hydrogen-bond donors (Lipinski definition) is 0. The Hall–Kier alpha value is -3.55. The molecule has 4 aromatic carbocycles. The Labute approximate surface area is 283 Å². The number of nitrogens with zero attached hydrogens (tertiary/aromatic N) is 2. The maximum Gasteiger partial charge on any atom is 2.00 e. The first-order valence-electron chi connectivity index (χ1n) is 15.9. The smallest absolute Gasteiger partial charge is 0.493 e. The molecule has 1 heterocycles. The molecule has 0 saturated carbocycles. The molecular formula is C42H50N2Ni. The summed E-state index contributed by atoms with van der Waals surface area (Å²) in [6.07, 6.45) is 7.19. The number of benzene rings is 4. The molecule has 0 amide bonds. The molecule has 0 N–H and O–H groups in total. The van der Waals surface area contributed by atoms with Crippen molar-refractivity contribution in [3.05, 3.63) is 172 Å². The van der Waals surface area contributed by atoms with Crippen molar-refractivity contribution in [3.63, 3.8) is 0 Å². The monoisotopic (exact) mass is 640 g/mol. The molecule has 5 rings (SSSR count). The topological polar surface area (TPSA) is 25.3 Å². The molecule has 0 unspecified atom stereocenters. The van der Waals surface area contributed by atoms with Gasteiger partial charge in [-0.1, -0.05) is 85.1 Å². The van der Waals surface area contributed by atoms with Crippen LogP contribution in [0.2, 0.25) is 0 Å². The van der Waals surface area contributed by atoms with Crippen molar-refractivity contribution < 1.29 is 21.2 Å². The fourth-order valence-electron chi connectivity index (χ4n) is 5.27. The largest absolute Gasteiger partial charge is 2.00 e. The van der Waals surface area contributed by atoms with E-state index >= 15 is 0 Å². The standard InChI is InChI=1S/C26H32N2.2C8H9.Ni/c1-8-9-10-22-15-25(23-11-16(2)20(6)17(3)12-23)28(27)26(22)24-13-18(4)21(7)19(5)14-24;2*1-2-8-6-4-3-5-7-8;/h11-15H,8-10H2,1-7H3;2*3-7H,1-2H2;/q;2*-1;+2. The second-order valence-corrected chi connectivity index (χ2v) is 11.8. The average molecular weight is 642 g/mol. The molecule has 4 aromatic rings. The van der Waals surface area contributed by atoms with Gasteiger partial charge in [0, 0.05) is 22.8 Å². The second kappa shape index (κ2) is 18.4. The summed E-state index contributed by atoms with van der Waals surface area (Å²) >= 11 is 0. The first-order valence-corrected chi connectivity index (χ1v) is 15.9. The Bertz CT molecular complexity index is 1530. The van der Waals surface area contributed by atoms with Crippen LogP contribution in [-0.4, -0.2) is 4.70 Å². The van der Waals surface area contributed by atoms with Gasteiger partial charge in [-0.05, 0) is 112 Å². The first kappa shape index (κ1) is 37.6. The van der Waals surface area contributed by atoms with Crippen LogP contribution in [0.4, 0.5) is 0 Å². The van der Waals surface area contributed by atoms with Crippen molar-refractivity contribution in [2.24, 2.45) is 0 Å². The van der Waals surface area contributed by atoms with Crippen LogP contribution < -0.4 is 0 Å². The Kier molecular flexibility index (Phi) is 15.4. The zero-order valence-electron chi connectivity index (χ0n) is 28.3. The van der Waals surface area contributed by atoms with Crippen LogP contribution in [-0.2, 0) is 29.3 Å². The third-order valence-electron chi connectivity index (χ3n) is 8.54. The van der Waals surface area contributed by atoms with E-state index in [1.54, 1.807) is 0 Å². The van der Waals surface area contributed by atoms with E-state index < -0.39 is 0 Å². The second-order valence-electron chi connectivity index (χ2n) is 11.8. The van der Waals surface area contributed by atoms with Gasteiger partial charge < -0.3 is 19.4 Å².